The van der Waals surface area contributed by atoms with Crippen molar-refractivity contribution in [2.75, 3.05) is 24.9 Å². The summed E-state index contributed by atoms with van der Waals surface area (Å²) < 4.78 is 12.1. The van der Waals surface area contributed by atoms with Crippen LogP contribution in [0, 0.1) is 0 Å². The van der Waals surface area contributed by atoms with Crippen LogP contribution >= 0.6 is 11.6 Å². The summed E-state index contributed by atoms with van der Waals surface area (Å²) in [7, 11) is 3.12. The number of halogens is 1. The van der Waals surface area contributed by atoms with Crippen molar-refractivity contribution in [1.29, 1.82) is 0 Å². The van der Waals surface area contributed by atoms with Gasteiger partial charge in [-0.25, -0.2) is 0 Å². The number of rotatable bonds is 9. The molecule has 10 heteroatoms. The molecular formula is C23H23ClN6O3. The number of carbonyl (C=O) groups is 1. The lowest BCUT2D eigenvalue weighted by Gasteiger charge is -2.10. The molecule has 0 saturated heterocycles. The number of hydrogen-bond donors (Lipinski definition) is 2. The zero-order valence-corrected chi connectivity index (χ0v) is 19.0. The van der Waals surface area contributed by atoms with Crippen LogP contribution < -0.4 is 20.1 Å². The van der Waals surface area contributed by atoms with Crippen LogP contribution in [0.2, 0.25) is 5.02 Å². The van der Waals surface area contributed by atoms with Crippen molar-refractivity contribution in [3.05, 3.63) is 71.0 Å². The van der Waals surface area contributed by atoms with Crippen LogP contribution in [0.15, 0.2) is 54.6 Å². The molecule has 4 rings (SSSR count). The Balaban J connectivity index is 1.39. The van der Waals surface area contributed by atoms with E-state index in [-0.39, 0.29) is 12.3 Å². The van der Waals surface area contributed by atoms with Crippen molar-refractivity contribution in [2.24, 2.45) is 0 Å². The zero-order chi connectivity index (χ0) is 23.2. The number of ether oxygens (including phenoxy) is 2. The normalized spacial score (nSPS) is 10.8. The SMILES string of the molecule is COc1cc(NC(=O)CCc2nnc3ccc(NCc4ccc(Cl)cc4)nn23)cc(OC)c1. The van der Waals surface area contributed by atoms with E-state index in [9.17, 15) is 4.79 Å². The molecule has 4 aromatic rings. The Bertz CT molecular complexity index is 1240. The lowest BCUT2D eigenvalue weighted by atomic mass is 10.2. The van der Waals surface area contributed by atoms with Crippen molar-refractivity contribution < 1.29 is 14.3 Å². The summed E-state index contributed by atoms with van der Waals surface area (Å²) in [5, 5.41) is 19.7. The Labute approximate surface area is 195 Å². The largest absolute Gasteiger partial charge is 0.497 e. The summed E-state index contributed by atoms with van der Waals surface area (Å²) in [6, 6.07) is 16.5. The van der Waals surface area contributed by atoms with Crippen molar-refractivity contribution >= 4 is 34.7 Å². The van der Waals surface area contributed by atoms with Gasteiger partial charge in [-0.1, -0.05) is 23.7 Å². The molecule has 0 spiro atoms. The molecule has 0 aliphatic heterocycles. The number of amides is 1. The zero-order valence-electron chi connectivity index (χ0n) is 18.2. The third-order valence-corrected chi connectivity index (χ3v) is 5.18. The van der Waals surface area contributed by atoms with Crippen LogP contribution in [0.4, 0.5) is 11.5 Å². The van der Waals surface area contributed by atoms with Gasteiger partial charge in [-0.05, 0) is 29.8 Å². The van der Waals surface area contributed by atoms with Gasteiger partial charge in [0.1, 0.15) is 17.3 Å². The Kier molecular flexibility index (Phi) is 6.89. The molecular weight excluding hydrogens is 444 g/mol. The fourth-order valence-electron chi connectivity index (χ4n) is 3.21. The molecule has 0 bridgehead atoms. The first-order valence-electron chi connectivity index (χ1n) is 10.3. The average Bonchev–Trinajstić information content (AvgIpc) is 3.24. The molecule has 0 saturated carbocycles. The minimum absolute atomic E-state index is 0.168. The van der Waals surface area contributed by atoms with E-state index < -0.39 is 0 Å². The van der Waals surface area contributed by atoms with Gasteiger partial charge >= 0.3 is 0 Å². The minimum atomic E-state index is -0.168. The fraction of sp³-hybridized carbons (Fsp3) is 0.217. The van der Waals surface area contributed by atoms with E-state index in [1.54, 1.807) is 36.9 Å². The van der Waals surface area contributed by atoms with Crippen LogP contribution in [0.25, 0.3) is 5.65 Å². The molecule has 0 aliphatic rings. The molecule has 2 heterocycles. The standard InChI is InChI=1S/C23H23ClN6O3/c1-32-18-11-17(12-19(13-18)33-2)26-23(31)10-9-22-28-27-21-8-7-20(29-30(21)22)25-14-15-3-5-16(24)6-4-15/h3-8,11-13H,9-10,14H2,1-2H3,(H,25,29)(H,26,31). The number of methoxy groups -OCH3 is 2. The highest BCUT2D eigenvalue weighted by Crippen LogP contribution is 2.26. The van der Waals surface area contributed by atoms with Crippen LogP contribution in [-0.4, -0.2) is 39.9 Å². The maximum absolute atomic E-state index is 12.5. The molecule has 9 nitrogen and oxygen atoms in total. The number of benzene rings is 2. The third-order valence-electron chi connectivity index (χ3n) is 4.93. The van der Waals surface area contributed by atoms with Gasteiger partial charge in [-0.3, -0.25) is 4.79 Å². The second kappa shape index (κ2) is 10.2. The number of nitrogens with zero attached hydrogens (tertiary/aromatic N) is 4. The maximum Gasteiger partial charge on any atom is 0.224 e. The van der Waals surface area contributed by atoms with Crippen LogP contribution in [0.5, 0.6) is 11.5 Å². The summed E-state index contributed by atoms with van der Waals surface area (Å²) >= 11 is 5.93. The number of nitrogens with one attached hydrogen (secondary N) is 2. The summed E-state index contributed by atoms with van der Waals surface area (Å²) in [6.07, 6.45) is 0.589. The molecule has 0 radical (unpaired) electrons. The van der Waals surface area contributed by atoms with Crippen molar-refractivity contribution in [3.8, 4) is 11.5 Å². The summed E-state index contributed by atoms with van der Waals surface area (Å²) in [5.41, 5.74) is 2.28. The molecule has 0 fully saturated rings. The highest BCUT2D eigenvalue weighted by molar-refractivity contribution is 6.30. The number of hydrogen-bond acceptors (Lipinski definition) is 7. The Morgan fingerprint density at radius 1 is 1.00 bits per heavy atom. The van der Waals surface area contributed by atoms with Gasteiger partial charge in [0.25, 0.3) is 0 Å². The average molecular weight is 467 g/mol. The van der Waals surface area contributed by atoms with Crippen molar-refractivity contribution in [2.45, 2.75) is 19.4 Å². The minimum Gasteiger partial charge on any atom is -0.497 e. The number of aryl methyl sites for hydroxylation is 1. The molecule has 1 amide bonds. The molecule has 0 aliphatic carbocycles. The van der Waals surface area contributed by atoms with E-state index in [2.05, 4.69) is 25.9 Å². The van der Waals surface area contributed by atoms with Crippen LogP contribution in [0.3, 0.4) is 0 Å². The maximum atomic E-state index is 12.5. The summed E-state index contributed by atoms with van der Waals surface area (Å²) in [5.74, 6) is 2.29. The fourth-order valence-corrected chi connectivity index (χ4v) is 3.33. The molecule has 2 aromatic heterocycles. The van der Waals surface area contributed by atoms with Crippen LogP contribution in [0.1, 0.15) is 17.8 Å². The van der Waals surface area contributed by atoms with E-state index >= 15 is 0 Å². The predicted octanol–water partition coefficient (Wildman–Crippen LogP) is 3.98. The van der Waals surface area contributed by atoms with Gasteiger partial charge in [0.05, 0.1) is 14.2 Å². The molecule has 170 valence electrons. The van der Waals surface area contributed by atoms with Gasteiger partial charge in [-0.2, -0.15) is 4.52 Å². The van der Waals surface area contributed by atoms with Gasteiger partial charge in [0, 0.05) is 48.3 Å². The topological polar surface area (TPSA) is 103 Å². The van der Waals surface area contributed by atoms with E-state index in [1.165, 1.54) is 0 Å². The molecule has 0 atom stereocenters. The predicted molar refractivity (Wildman–Crippen MR) is 126 cm³/mol. The number of fused-ring (bicyclic) bond motifs is 1. The summed E-state index contributed by atoms with van der Waals surface area (Å²) in [4.78, 5) is 12.5. The van der Waals surface area contributed by atoms with E-state index in [0.717, 1.165) is 5.56 Å². The van der Waals surface area contributed by atoms with Gasteiger partial charge in [0.2, 0.25) is 5.91 Å². The Hall–Kier alpha value is -3.85. The van der Waals surface area contributed by atoms with E-state index in [4.69, 9.17) is 21.1 Å². The molecule has 0 unspecified atom stereocenters. The monoisotopic (exact) mass is 466 g/mol. The van der Waals surface area contributed by atoms with Gasteiger partial charge < -0.3 is 20.1 Å². The Morgan fingerprint density at radius 2 is 1.73 bits per heavy atom. The second-order valence-electron chi connectivity index (χ2n) is 7.23. The smallest absolute Gasteiger partial charge is 0.224 e. The molecule has 2 N–H and O–H groups in total. The lowest BCUT2D eigenvalue weighted by molar-refractivity contribution is -0.116. The lowest BCUT2D eigenvalue weighted by Crippen LogP contribution is -2.14. The van der Waals surface area contributed by atoms with Crippen LogP contribution in [-0.2, 0) is 17.8 Å². The first-order chi connectivity index (χ1) is 16.0. The van der Waals surface area contributed by atoms with Gasteiger partial charge in [0.15, 0.2) is 11.5 Å². The first kappa shape index (κ1) is 22.3. The first-order valence-corrected chi connectivity index (χ1v) is 10.6. The number of carbonyl (C=O) groups excluding carboxylic acids is 1. The van der Waals surface area contributed by atoms with E-state index in [0.29, 0.717) is 52.5 Å². The Morgan fingerprint density at radius 3 is 2.42 bits per heavy atom. The van der Waals surface area contributed by atoms with E-state index in [1.807, 2.05) is 36.4 Å². The highest BCUT2D eigenvalue weighted by Gasteiger charge is 2.12. The quantitative estimate of drug-likeness (QED) is 0.384. The molecule has 33 heavy (non-hydrogen) atoms. The molecule has 2 aromatic carbocycles. The number of anilines is 2. The van der Waals surface area contributed by atoms with Crippen molar-refractivity contribution in [1.82, 2.24) is 19.8 Å². The third kappa shape index (κ3) is 5.69. The second-order valence-corrected chi connectivity index (χ2v) is 7.67. The van der Waals surface area contributed by atoms with Gasteiger partial charge in [-0.15, -0.1) is 15.3 Å². The number of aromatic nitrogens is 4. The summed E-state index contributed by atoms with van der Waals surface area (Å²) in [6.45, 7) is 0.597. The van der Waals surface area contributed by atoms with Crippen molar-refractivity contribution in [3.63, 3.8) is 0 Å². The highest BCUT2D eigenvalue weighted by atomic mass is 35.5.